The molecule has 0 N–H and O–H groups in total. The van der Waals surface area contributed by atoms with Gasteiger partial charge >= 0.3 is 5.97 Å². The summed E-state index contributed by atoms with van der Waals surface area (Å²) >= 11 is 0. The number of hydrogen-bond donors (Lipinski definition) is 0. The minimum Gasteiger partial charge on any atom is -0.461 e. The third-order valence-electron chi connectivity index (χ3n) is 5.31. The number of esters is 1. The molecule has 0 atom stereocenters. The van der Waals surface area contributed by atoms with E-state index in [1.54, 1.807) is 17.8 Å². The number of ether oxygens (including phenoxy) is 2. The van der Waals surface area contributed by atoms with Crippen LogP contribution in [0, 0.1) is 5.92 Å². The van der Waals surface area contributed by atoms with Crippen LogP contribution in [-0.2, 0) is 22.4 Å². The molecule has 28 heavy (non-hydrogen) atoms. The highest BCUT2D eigenvalue weighted by molar-refractivity contribution is 5.86. The lowest BCUT2D eigenvalue weighted by atomic mass is 9.97. The third kappa shape index (κ3) is 3.40. The predicted octanol–water partition coefficient (Wildman–Crippen LogP) is 2.22. The SMILES string of the molecule is CCOC(=O)c1cn(Cc2cn3cc(C4CC4)cc(CC4COC4)c3n2)nn1. The van der Waals surface area contributed by atoms with Gasteiger partial charge < -0.3 is 13.9 Å². The largest absolute Gasteiger partial charge is 0.461 e. The fourth-order valence-corrected chi connectivity index (χ4v) is 3.66. The van der Waals surface area contributed by atoms with Crippen LogP contribution in [0.4, 0.5) is 0 Å². The minimum absolute atomic E-state index is 0.215. The molecule has 1 aliphatic heterocycles. The van der Waals surface area contributed by atoms with Crippen LogP contribution in [-0.4, -0.2) is 50.2 Å². The van der Waals surface area contributed by atoms with E-state index in [-0.39, 0.29) is 5.69 Å². The van der Waals surface area contributed by atoms with Gasteiger partial charge in [0.2, 0.25) is 0 Å². The topological polar surface area (TPSA) is 83.5 Å². The molecule has 5 rings (SSSR count). The number of rotatable bonds is 7. The first-order valence-corrected chi connectivity index (χ1v) is 9.85. The molecule has 3 aromatic heterocycles. The van der Waals surface area contributed by atoms with Gasteiger partial charge in [-0.25, -0.2) is 14.5 Å². The first kappa shape index (κ1) is 17.4. The fourth-order valence-electron chi connectivity index (χ4n) is 3.66. The van der Waals surface area contributed by atoms with Gasteiger partial charge in [0.15, 0.2) is 5.69 Å². The second kappa shape index (κ2) is 7.01. The van der Waals surface area contributed by atoms with Gasteiger partial charge in [0, 0.05) is 18.3 Å². The van der Waals surface area contributed by atoms with Crippen LogP contribution < -0.4 is 0 Å². The van der Waals surface area contributed by atoms with Crippen LogP contribution in [0.25, 0.3) is 5.65 Å². The Balaban J connectivity index is 1.42. The number of carbonyl (C=O) groups excluding carboxylic acids is 1. The van der Waals surface area contributed by atoms with Gasteiger partial charge in [-0.1, -0.05) is 11.3 Å². The number of imidazole rings is 1. The molecule has 1 saturated carbocycles. The summed E-state index contributed by atoms with van der Waals surface area (Å²) in [6.45, 7) is 4.21. The normalized spacial score (nSPS) is 17.0. The molecule has 0 aromatic carbocycles. The van der Waals surface area contributed by atoms with Gasteiger partial charge in [0.1, 0.15) is 5.65 Å². The third-order valence-corrected chi connectivity index (χ3v) is 5.31. The Kier molecular flexibility index (Phi) is 4.35. The van der Waals surface area contributed by atoms with E-state index in [1.807, 2.05) is 6.20 Å². The molecule has 8 heteroatoms. The quantitative estimate of drug-likeness (QED) is 0.584. The van der Waals surface area contributed by atoms with Gasteiger partial charge in [0.25, 0.3) is 0 Å². The van der Waals surface area contributed by atoms with Crippen molar-refractivity contribution in [3.05, 3.63) is 47.2 Å². The zero-order valence-corrected chi connectivity index (χ0v) is 15.9. The summed E-state index contributed by atoms with van der Waals surface area (Å²) in [4.78, 5) is 16.6. The van der Waals surface area contributed by atoms with Crippen molar-refractivity contribution in [2.75, 3.05) is 19.8 Å². The first-order chi connectivity index (χ1) is 13.7. The van der Waals surface area contributed by atoms with Crippen LogP contribution in [0.5, 0.6) is 0 Å². The summed E-state index contributed by atoms with van der Waals surface area (Å²) in [6, 6.07) is 2.33. The molecule has 8 nitrogen and oxygen atoms in total. The molecule has 4 heterocycles. The van der Waals surface area contributed by atoms with Crippen LogP contribution in [0.3, 0.4) is 0 Å². The highest BCUT2D eigenvalue weighted by Gasteiger charge is 2.27. The maximum Gasteiger partial charge on any atom is 0.360 e. The van der Waals surface area contributed by atoms with Crippen molar-refractivity contribution in [2.45, 2.75) is 38.6 Å². The van der Waals surface area contributed by atoms with E-state index in [1.165, 1.54) is 24.0 Å². The molecule has 3 aromatic rings. The van der Waals surface area contributed by atoms with Gasteiger partial charge in [-0.2, -0.15) is 0 Å². The summed E-state index contributed by atoms with van der Waals surface area (Å²) in [5.41, 5.74) is 4.79. The lowest BCUT2D eigenvalue weighted by Crippen LogP contribution is -2.29. The Bertz CT molecular complexity index is 1020. The van der Waals surface area contributed by atoms with Crippen molar-refractivity contribution in [1.82, 2.24) is 24.4 Å². The van der Waals surface area contributed by atoms with Crippen LogP contribution >= 0.6 is 0 Å². The van der Waals surface area contributed by atoms with Crippen molar-refractivity contribution < 1.29 is 14.3 Å². The lowest BCUT2D eigenvalue weighted by Gasteiger charge is -2.26. The van der Waals surface area contributed by atoms with E-state index >= 15 is 0 Å². The van der Waals surface area contributed by atoms with E-state index in [0.29, 0.717) is 25.0 Å². The molecule has 0 spiro atoms. The number of aromatic nitrogens is 5. The Labute approximate surface area is 162 Å². The summed E-state index contributed by atoms with van der Waals surface area (Å²) in [6.07, 6.45) is 9.40. The van der Waals surface area contributed by atoms with Crippen molar-refractivity contribution >= 4 is 11.6 Å². The number of carbonyl (C=O) groups is 1. The Hall–Kier alpha value is -2.74. The summed E-state index contributed by atoms with van der Waals surface area (Å²) in [5, 5.41) is 7.93. The standard InChI is InChI=1S/C20H23N5O3/c1-2-28-20(26)18-10-25(23-22-18)9-17-8-24-7-16(14-3-4-14)6-15(19(24)21-17)5-13-11-27-12-13/h6-8,10,13-14H,2-5,9,11-12H2,1H3. The van der Waals surface area contributed by atoms with Crippen molar-refractivity contribution in [1.29, 1.82) is 0 Å². The van der Waals surface area contributed by atoms with E-state index in [0.717, 1.165) is 31.0 Å². The number of nitrogens with zero attached hydrogens (tertiary/aromatic N) is 5. The average Bonchev–Trinajstić information content (AvgIpc) is 3.26. The molecular formula is C20H23N5O3. The van der Waals surface area contributed by atoms with Crippen molar-refractivity contribution in [3.63, 3.8) is 0 Å². The first-order valence-electron chi connectivity index (χ1n) is 9.85. The van der Waals surface area contributed by atoms with E-state index < -0.39 is 5.97 Å². The van der Waals surface area contributed by atoms with Crippen LogP contribution in [0.2, 0.25) is 0 Å². The van der Waals surface area contributed by atoms with E-state index in [2.05, 4.69) is 27.0 Å². The lowest BCUT2D eigenvalue weighted by molar-refractivity contribution is -0.0311. The second-order valence-electron chi connectivity index (χ2n) is 7.67. The number of hydrogen-bond acceptors (Lipinski definition) is 6. The fraction of sp³-hybridized carbons (Fsp3) is 0.500. The van der Waals surface area contributed by atoms with Gasteiger partial charge in [-0.15, -0.1) is 5.10 Å². The highest BCUT2D eigenvalue weighted by Crippen LogP contribution is 2.41. The van der Waals surface area contributed by atoms with E-state index in [4.69, 9.17) is 14.5 Å². The molecule has 1 aliphatic carbocycles. The Morgan fingerprint density at radius 1 is 1.29 bits per heavy atom. The molecule has 1 saturated heterocycles. The summed E-state index contributed by atoms with van der Waals surface area (Å²) in [7, 11) is 0. The molecule has 0 radical (unpaired) electrons. The Morgan fingerprint density at radius 3 is 2.86 bits per heavy atom. The maximum atomic E-state index is 11.8. The summed E-state index contributed by atoms with van der Waals surface area (Å²) < 4.78 is 14.1. The maximum absolute atomic E-state index is 11.8. The monoisotopic (exact) mass is 381 g/mol. The predicted molar refractivity (Wildman–Crippen MR) is 100 cm³/mol. The molecular weight excluding hydrogens is 358 g/mol. The average molecular weight is 381 g/mol. The zero-order chi connectivity index (χ0) is 19.1. The van der Waals surface area contributed by atoms with Crippen LogP contribution in [0.15, 0.2) is 24.7 Å². The van der Waals surface area contributed by atoms with Gasteiger partial charge in [-0.05, 0) is 43.2 Å². The highest BCUT2D eigenvalue weighted by atomic mass is 16.5. The molecule has 2 aliphatic rings. The zero-order valence-electron chi connectivity index (χ0n) is 15.9. The Morgan fingerprint density at radius 2 is 2.14 bits per heavy atom. The molecule has 146 valence electrons. The van der Waals surface area contributed by atoms with Crippen LogP contribution in [0.1, 0.15) is 53.0 Å². The molecule has 0 amide bonds. The second-order valence-corrected chi connectivity index (χ2v) is 7.67. The number of pyridine rings is 1. The molecule has 2 fully saturated rings. The van der Waals surface area contributed by atoms with Crippen molar-refractivity contribution in [2.24, 2.45) is 5.92 Å². The van der Waals surface area contributed by atoms with E-state index in [9.17, 15) is 4.79 Å². The van der Waals surface area contributed by atoms with Crippen molar-refractivity contribution in [3.8, 4) is 0 Å². The summed E-state index contributed by atoms with van der Waals surface area (Å²) in [5.74, 6) is 0.817. The van der Waals surface area contributed by atoms with Gasteiger partial charge in [-0.3, -0.25) is 0 Å². The number of fused-ring (bicyclic) bond motifs is 1. The molecule has 0 bridgehead atoms. The minimum atomic E-state index is -0.456. The molecule has 0 unspecified atom stereocenters. The van der Waals surface area contributed by atoms with Gasteiger partial charge in [0.05, 0.1) is 38.3 Å². The smallest absolute Gasteiger partial charge is 0.360 e.